The first-order valence-corrected chi connectivity index (χ1v) is 9.76. The molecule has 4 heteroatoms. The highest BCUT2D eigenvalue weighted by Crippen LogP contribution is 2.23. The van der Waals surface area contributed by atoms with Gasteiger partial charge in [-0.25, -0.2) is 0 Å². The van der Waals surface area contributed by atoms with Crippen molar-refractivity contribution in [3.8, 4) is 5.75 Å². The Kier molecular flexibility index (Phi) is 5.09. The summed E-state index contributed by atoms with van der Waals surface area (Å²) in [5.41, 5.74) is 2.53. The number of nitrogens with zero attached hydrogens (tertiary/aromatic N) is 2. The number of rotatable bonds is 6. The van der Waals surface area contributed by atoms with Crippen LogP contribution in [0.5, 0.6) is 5.75 Å². The Morgan fingerprint density at radius 3 is 2.72 bits per heavy atom. The summed E-state index contributed by atoms with van der Waals surface area (Å²) in [5.74, 6) is 0.965. The molecule has 0 N–H and O–H groups in total. The van der Waals surface area contributed by atoms with Crippen LogP contribution in [0.3, 0.4) is 0 Å². The van der Waals surface area contributed by atoms with E-state index in [4.69, 9.17) is 4.74 Å². The molecule has 1 saturated heterocycles. The van der Waals surface area contributed by atoms with Crippen LogP contribution in [0.2, 0.25) is 0 Å². The third-order valence-corrected chi connectivity index (χ3v) is 5.35. The maximum Gasteiger partial charge on any atom is 0.120 e. The SMILES string of the molecule is Brc1cccc(Cn2ccc3cc(OCCN4CCCC4)ccc32)c1. The van der Waals surface area contributed by atoms with E-state index in [9.17, 15) is 0 Å². The summed E-state index contributed by atoms with van der Waals surface area (Å²) in [7, 11) is 0. The molecule has 130 valence electrons. The van der Waals surface area contributed by atoms with Gasteiger partial charge in [0.15, 0.2) is 0 Å². The highest BCUT2D eigenvalue weighted by atomic mass is 79.9. The zero-order valence-corrected chi connectivity index (χ0v) is 15.9. The highest BCUT2D eigenvalue weighted by Gasteiger charge is 2.11. The van der Waals surface area contributed by atoms with Gasteiger partial charge in [0, 0.05) is 34.7 Å². The van der Waals surface area contributed by atoms with Crippen molar-refractivity contribution < 1.29 is 4.74 Å². The van der Waals surface area contributed by atoms with Crippen molar-refractivity contribution in [3.63, 3.8) is 0 Å². The molecular formula is C21H23BrN2O. The van der Waals surface area contributed by atoms with Crippen LogP contribution in [0.1, 0.15) is 18.4 Å². The summed E-state index contributed by atoms with van der Waals surface area (Å²) in [6, 6.07) is 17.0. The van der Waals surface area contributed by atoms with Gasteiger partial charge >= 0.3 is 0 Å². The van der Waals surface area contributed by atoms with E-state index in [1.54, 1.807) is 0 Å². The quantitative estimate of drug-likeness (QED) is 0.585. The van der Waals surface area contributed by atoms with Crippen molar-refractivity contribution in [1.29, 1.82) is 0 Å². The lowest BCUT2D eigenvalue weighted by Gasteiger charge is -2.15. The number of hydrogen-bond donors (Lipinski definition) is 0. The zero-order chi connectivity index (χ0) is 17.1. The lowest BCUT2D eigenvalue weighted by molar-refractivity contribution is 0.238. The fraction of sp³-hybridized carbons (Fsp3) is 0.333. The third kappa shape index (κ3) is 4.07. The van der Waals surface area contributed by atoms with E-state index < -0.39 is 0 Å². The van der Waals surface area contributed by atoms with E-state index in [0.717, 1.165) is 29.9 Å². The summed E-state index contributed by atoms with van der Waals surface area (Å²) in [5, 5.41) is 1.23. The fourth-order valence-electron chi connectivity index (χ4n) is 3.54. The Morgan fingerprint density at radius 2 is 1.88 bits per heavy atom. The molecule has 0 radical (unpaired) electrons. The maximum atomic E-state index is 5.96. The standard InChI is InChI=1S/C21H23BrN2O/c22-19-5-3-4-17(14-19)16-24-11-8-18-15-20(6-7-21(18)24)25-13-12-23-9-1-2-10-23/h3-8,11,14-15H,1-2,9-10,12-13,16H2. The van der Waals surface area contributed by atoms with Crippen molar-refractivity contribution >= 4 is 26.8 Å². The minimum Gasteiger partial charge on any atom is -0.492 e. The molecule has 3 aromatic rings. The second-order valence-corrected chi connectivity index (χ2v) is 7.61. The molecule has 25 heavy (non-hydrogen) atoms. The zero-order valence-electron chi connectivity index (χ0n) is 14.3. The monoisotopic (exact) mass is 398 g/mol. The van der Waals surface area contributed by atoms with Crippen LogP contribution >= 0.6 is 15.9 Å². The molecule has 2 aromatic carbocycles. The van der Waals surface area contributed by atoms with Crippen LogP contribution in [0.15, 0.2) is 59.2 Å². The number of halogens is 1. The molecule has 0 spiro atoms. The van der Waals surface area contributed by atoms with Crippen LogP contribution in [-0.2, 0) is 6.54 Å². The number of fused-ring (bicyclic) bond motifs is 1. The normalized spacial score (nSPS) is 15.1. The molecule has 4 rings (SSSR count). The Labute approximate surface area is 157 Å². The van der Waals surface area contributed by atoms with Gasteiger partial charge in [0.05, 0.1) is 0 Å². The molecule has 1 aliphatic heterocycles. The Hall–Kier alpha value is -1.78. The van der Waals surface area contributed by atoms with Gasteiger partial charge in [0.25, 0.3) is 0 Å². The number of likely N-dealkylation sites (tertiary alicyclic amines) is 1. The van der Waals surface area contributed by atoms with E-state index in [1.165, 1.54) is 42.4 Å². The predicted molar refractivity (Wildman–Crippen MR) is 106 cm³/mol. The molecule has 3 nitrogen and oxygen atoms in total. The van der Waals surface area contributed by atoms with Crippen LogP contribution in [0, 0.1) is 0 Å². The minimum atomic E-state index is 0.768. The predicted octanol–water partition coefficient (Wildman–Crippen LogP) is 4.93. The van der Waals surface area contributed by atoms with Crippen LogP contribution in [-0.4, -0.2) is 35.7 Å². The molecule has 2 heterocycles. The smallest absolute Gasteiger partial charge is 0.120 e. The fourth-order valence-corrected chi connectivity index (χ4v) is 3.98. The van der Waals surface area contributed by atoms with Gasteiger partial charge in [-0.15, -0.1) is 0 Å². The van der Waals surface area contributed by atoms with E-state index in [2.05, 4.69) is 80.1 Å². The Bertz CT molecular complexity index is 852. The lowest BCUT2D eigenvalue weighted by Crippen LogP contribution is -2.25. The largest absolute Gasteiger partial charge is 0.492 e. The molecule has 1 fully saturated rings. The molecule has 0 aliphatic carbocycles. The van der Waals surface area contributed by atoms with Crippen molar-refractivity contribution in [3.05, 3.63) is 64.8 Å². The van der Waals surface area contributed by atoms with Gasteiger partial charge in [0.1, 0.15) is 12.4 Å². The molecule has 0 saturated carbocycles. The Morgan fingerprint density at radius 1 is 1.00 bits per heavy atom. The van der Waals surface area contributed by atoms with Crippen LogP contribution < -0.4 is 4.74 Å². The van der Waals surface area contributed by atoms with Gasteiger partial charge in [-0.3, -0.25) is 4.90 Å². The van der Waals surface area contributed by atoms with Crippen LogP contribution in [0.25, 0.3) is 10.9 Å². The first kappa shape index (κ1) is 16.7. The van der Waals surface area contributed by atoms with E-state index >= 15 is 0 Å². The summed E-state index contributed by atoms with van der Waals surface area (Å²) in [6.45, 7) is 5.12. The minimum absolute atomic E-state index is 0.768. The number of aromatic nitrogens is 1. The first-order valence-electron chi connectivity index (χ1n) is 8.96. The second kappa shape index (κ2) is 7.63. The van der Waals surface area contributed by atoms with E-state index in [0.29, 0.717) is 0 Å². The summed E-state index contributed by atoms with van der Waals surface area (Å²) in [6.07, 6.45) is 4.81. The number of benzene rings is 2. The highest BCUT2D eigenvalue weighted by molar-refractivity contribution is 9.10. The van der Waals surface area contributed by atoms with Gasteiger partial charge in [-0.1, -0.05) is 28.1 Å². The topological polar surface area (TPSA) is 17.4 Å². The molecule has 0 unspecified atom stereocenters. The van der Waals surface area contributed by atoms with Gasteiger partial charge in [0.2, 0.25) is 0 Å². The number of hydrogen-bond acceptors (Lipinski definition) is 2. The van der Waals surface area contributed by atoms with Gasteiger partial charge in [-0.2, -0.15) is 0 Å². The van der Waals surface area contributed by atoms with Crippen molar-refractivity contribution in [1.82, 2.24) is 9.47 Å². The van der Waals surface area contributed by atoms with E-state index in [1.807, 2.05) is 0 Å². The maximum absolute atomic E-state index is 5.96. The molecule has 1 aliphatic rings. The molecular weight excluding hydrogens is 376 g/mol. The van der Waals surface area contributed by atoms with E-state index in [-0.39, 0.29) is 0 Å². The second-order valence-electron chi connectivity index (χ2n) is 6.69. The summed E-state index contributed by atoms with van der Waals surface area (Å²) in [4.78, 5) is 2.48. The average Bonchev–Trinajstić information content (AvgIpc) is 3.25. The Balaban J connectivity index is 1.43. The number of ether oxygens (including phenoxy) is 1. The van der Waals surface area contributed by atoms with Crippen molar-refractivity contribution in [2.45, 2.75) is 19.4 Å². The van der Waals surface area contributed by atoms with Gasteiger partial charge in [-0.05, 0) is 67.9 Å². The lowest BCUT2D eigenvalue weighted by atomic mass is 10.2. The average molecular weight is 399 g/mol. The molecule has 0 bridgehead atoms. The van der Waals surface area contributed by atoms with Gasteiger partial charge < -0.3 is 9.30 Å². The molecule has 0 amide bonds. The molecule has 0 atom stereocenters. The third-order valence-electron chi connectivity index (χ3n) is 4.86. The van der Waals surface area contributed by atoms with Crippen molar-refractivity contribution in [2.75, 3.05) is 26.2 Å². The first-order chi connectivity index (χ1) is 12.3. The van der Waals surface area contributed by atoms with Crippen molar-refractivity contribution in [2.24, 2.45) is 0 Å². The summed E-state index contributed by atoms with van der Waals surface area (Å²) >= 11 is 3.54. The summed E-state index contributed by atoms with van der Waals surface area (Å²) < 4.78 is 9.37. The van der Waals surface area contributed by atoms with Crippen LogP contribution in [0.4, 0.5) is 0 Å². The molecule has 1 aromatic heterocycles.